The highest BCUT2D eigenvalue weighted by Crippen LogP contribution is 2.34. The molecule has 8 nitrogen and oxygen atoms in total. The number of nitrogens with zero attached hydrogens (tertiary/aromatic N) is 4. The van der Waals surface area contributed by atoms with E-state index in [0.717, 1.165) is 15.6 Å². The molecular weight excluding hydrogens is 424 g/mol. The summed E-state index contributed by atoms with van der Waals surface area (Å²) < 4.78 is 12.2. The first kappa shape index (κ1) is 18.3. The largest absolute Gasteiger partial charge is 0.493 e. The van der Waals surface area contributed by atoms with Gasteiger partial charge in [-0.2, -0.15) is 0 Å². The third-order valence-corrected chi connectivity index (χ3v) is 4.50. The number of nitrogen functional groups attached to an aromatic ring is 1. The average Bonchev–Trinajstić information content (AvgIpc) is 3.04. The third-order valence-electron chi connectivity index (χ3n) is 3.53. The van der Waals surface area contributed by atoms with Crippen molar-refractivity contribution in [3.05, 3.63) is 57.0 Å². The number of tetrazole rings is 1. The molecule has 1 heterocycles. The predicted molar refractivity (Wildman–Crippen MR) is 102 cm³/mol. The fourth-order valence-electron chi connectivity index (χ4n) is 2.24. The molecule has 0 spiro atoms. The van der Waals surface area contributed by atoms with Crippen LogP contribution in [-0.4, -0.2) is 27.4 Å². The summed E-state index contributed by atoms with van der Waals surface area (Å²) in [6, 6.07) is 11.2. The minimum Gasteiger partial charge on any atom is -0.493 e. The first-order valence-corrected chi connectivity index (χ1v) is 8.75. The zero-order valence-electron chi connectivity index (χ0n) is 13.8. The van der Waals surface area contributed by atoms with Gasteiger partial charge in [0.1, 0.15) is 6.61 Å². The smallest absolute Gasteiger partial charge is 0.260 e. The van der Waals surface area contributed by atoms with Gasteiger partial charge < -0.3 is 20.6 Å². The SMILES string of the molecule is COc1cc(CNn2nnnc2N)c(Br)cc1OCc1cccc(Cl)c1. The molecule has 2 aromatic carbocycles. The molecule has 0 aliphatic heterocycles. The highest BCUT2D eigenvalue weighted by atomic mass is 79.9. The minimum atomic E-state index is 0.176. The zero-order chi connectivity index (χ0) is 18.5. The van der Waals surface area contributed by atoms with Crippen molar-refractivity contribution in [3.8, 4) is 11.5 Å². The fourth-order valence-corrected chi connectivity index (χ4v) is 2.91. The third kappa shape index (κ3) is 4.36. The van der Waals surface area contributed by atoms with Crippen molar-refractivity contribution in [1.29, 1.82) is 0 Å². The molecule has 0 radical (unpaired) electrons. The Morgan fingerprint density at radius 1 is 1.27 bits per heavy atom. The molecule has 10 heteroatoms. The lowest BCUT2D eigenvalue weighted by Crippen LogP contribution is -2.18. The van der Waals surface area contributed by atoms with Gasteiger partial charge in [0.05, 0.1) is 13.7 Å². The molecular formula is C16H16BrClN6O2. The van der Waals surface area contributed by atoms with E-state index >= 15 is 0 Å². The number of hydrogen-bond acceptors (Lipinski definition) is 7. The van der Waals surface area contributed by atoms with Gasteiger partial charge in [0, 0.05) is 9.50 Å². The molecule has 0 fully saturated rings. The lowest BCUT2D eigenvalue weighted by molar-refractivity contribution is 0.284. The van der Waals surface area contributed by atoms with E-state index in [1.807, 2.05) is 36.4 Å². The number of benzene rings is 2. The second-order valence-corrected chi connectivity index (χ2v) is 6.59. The van der Waals surface area contributed by atoms with Gasteiger partial charge in [0.25, 0.3) is 5.95 Å². The number of ether oxygens (including phenoxy) is 2. The summed E-state index contributed by atoms with van der Waals surface area (Å²) in [7, 11) is 1.59. The van der Waals surface area contributed by atoms with E-state index in [0.29, 0.717) is 29.7 Å². The minimum absolute atomic E-state index is 0.176. The molecule has 0 saturated carbocycles. The second kappa shape index (κ2) is 8.24. The molecule has 0 saturated heterocycles. The molecule has 1 aromatic heterocycles. The van der Waals surface area contributed by atoms with Crippen LogP contribution in [-0.2, 0) is 13.2 Å². The predicted octanol–water partition coefficient (Wildman–Crippen LogP) is 3.00. The Kier molecular flexibility index (Phi) is 5.79. The van der Waals surface area contributed by atoms with Crippen molar-refractivity contribution in [2.75, 3.05) is 18.3 Å². The van der Waals surface area contributed by atoms with Crippen molar-refractivity contribution in [2.24, 2.45) is 0 Å². The number of anilines is 1. The quantitative estimate of drug-likeness (QED) is 0.583. The normalized spacial score (nSPS) is 10.6. The van der Waals surface area contributed by atoms with Crippen molar-refractivity contribution < 1.29 is 9.47 Å². The lowest BCUT2D eigenvalue weighted by Gasteiger charge is -2.15. The van der Waals surface area contributed by atoms with Gasteiger partial charge in [-0.1, -0.05) is 44.8 Å². The second-order valence-electron chi connectivity index (χ2n) is 5.30. The van der Waals surface area contributed by atoms with Crippen molar-refractivity contribution in [3.63, 3.8) is 0 Å². The number of halogens is 2. The summed E-state index contributed by atoms with van der Waals surface area (Å²) >= 11 is 9.54. The molecule has 0 amide bonds. The number of methoxy groups -OCH3 is 1. The Morgan fingerprint density at radius 2 is 2.12 bits per heavy atom. The summed E-state index contributed by atoms with van der Waals surface area (Å²) in [5.41, 5.74) is 10.5. The van der Waals surface area contributed by atoms with Crippen LogP contribution in [0.25, 0.3) is 0 Å². The van der Waals surface area contributed by atoms with Crippen LogP contribution >= 0.6 is 27.5 Å². The summed E-state index contributed by atoms with van der Waals surface area (Å²) in [5.74, 6) is 1.40. The van der Waals surface area contributed by atoms with E-state index in [4.69, 9.17) is 26.8 Å². The van der Waals surface area contributed by atoms with Crippen LogP contribution < -0.4 is 20.6 Å². The number of aromatic nitrogens is 4. The number of hydrogen-bond donors (Lipinski definition) is 2. The van der Waals surface area contributed by atoms with Crippen LogP contribution in [0, 0.1) is 0 Å². The van der Waals surface area contributed by atoms with Gasteiger partial charge in [-0.25, -0.2) is 0 Å². The van der Waals surface area contributed by atoms with Gasteiger partial charge in [0.15, 0.2) is 11.5 Å². The van der Waals surface area contributed by atoms with Crippen LogP contribution in [0.4, 0.5) is 5.95 Å². The Hall–Kier alpha value is -2.52. The number of nitrogens with two attached hydrogens (primary N) is 1. The van der Waals surface area contributed by atoms with Crippen LogP contribution in [0.3, 0.4) is 0 Å². The molecule has 0 unspecified atom stereocenters. The first-order chi connectivity index (χ1) is 12.6. The van der Waals surface area contributed by atoms with E-state index in [2.05, 4.69) is 36.9 Å². The van der Waals surface area contributed by atoms with E-state index < -0.39 is 0 Å². The van der Waals surface area contributed by atoms with E-state index in [1.165, 1.54) is 4.79 Å². The molecule has 136 valence electrons. The van der Waals surface area contributed by atoms with Crippen molar-refractivity contribution in [1.82, 2.24) is 20.3 Å². The topological polar surface area (TPSA) is 100 Å². The first-order valence-electron chi connectivity index (χ1n) is 7.58. The number of nitrogens with one attached hydrogen (secondary N) is 1. The highest BCUT2D eigenvalue weighted by molar-refractivity contribution is 9.10. The van der Waals surface area contributed by atoms with E-state index in [9.17, 15) is 0 Å². The van der Waals surface area contributed by atoms with E-state index in [1.54, 1.807) is 7.11 Å². The zero-order valence-corrected chi connectivity index (χ0v) is 16.2. The highest BCUT2D eigenvalue weighted by Gasteiger charge is 2.12. The van der Waals surface area contributed by atoms with Gasteiger partial charge in [-0.05, 0) is 45.8 Å². The molecule has 3 aromatic rings. The lowest BCUT2D eigenvalue weighted by atomic mass is 10.2. The maximum Gasteiger partial charge on any atom is 0.260 e. The summed E-state index contributed by atoms with van der Waals surface area (Å²) in [6.07, 6.45) is 0. The Bertz CT molecular complexity index is 904. The molecule has 0 atom stereocenters. The summed E-state index contributed by atoms with van der Waals surface area (Å²) in [6.45, 7) is 0.808. The Morgan fingerprint density at radius 3 is 2.81 bits per heavy atom. The number of rotatable bonds is 7. The van der Waals surface area contributed by atoms with Gasteiger partial charge in [-0.3, -0.25) is 0 Å². The fraction of sp³-hybridized carbons (Fsp3) is 0.188. The Labute approximate surface area is 163 Å². The maximum atomic E-state index is 6.00. The Balaban J connectivity index is 1.73. The molecule has 26 heavy (non-hydrogen) atoms. The molecule has 0 bridgehead atoms. The van der Waals surface area contributed by atoms with Crippen molar-refractivity contribution in [2.45, 2.75) is 13.2 Å². The molecule has 3 rings (SSSR count). The average molecular weight is 440 g/mol. The molecule has 0 aliphatic rings. The summed E-state index contributed by atoms with van der Waals surface area (Å²) in [4.78, 5) is 1.29. The van der Waals surface area contributed by atoms with Gasteiger partial charge in [-0.15, -0.1) is 4.79 Å². The van der Waals surface area contributed by atoms with Crippen LogP contribution in [0.2, 0.25) is 5.02 Å². The summed E-state index contributed by atoms with van der Waals surface area (Å²) in [5, 5.41) is 11.5. The maximum absolute atomic E-state index is 6.00. The standard InChI is InChI=1S/C16H16BrClN6O2/c1-25-14-6-11(8-20-24-16(19)21-22-23-24)13(17)7-15(14)26-9-10-3-2-4-12(18)5-10/h2-7,20H,8-9H2,1H3,(H2,19,21,23). The van der Waals surface area contributed by atoms with Gasteiger partial charge >= 0.3 is 0 Å². The van der Waals surface area contributed by atoms with E-state index in [-0.39, 0.29) is 5.95 Å². The molecule has 3 N–H and O–H groups in total. The molecule has 0 aliphatic carbocycles. The van der Waals surface area contributed by atoms with Crippen molar-refractivity contribution >= 4 is 33.5 Å². The van der Waals surface area contributed by atoms with Crippen LogP contribution in [0.1, 0.15) is 11.1 Å². The van der Waals surface area contributed by atoms with Crippen LogP contribution in [0.5, 0.6) is 11.5 Å². The van der Waals surface area contributed by atoms with Gasteiger partial charge in [0.2, 0.25) is 0 Å². The monoisotopic (exact) mass is 438 g/mol. The van der Waals surface area contributed by atoms with Crippen LogP contribution in [0.15, 0.2) is 40.9 Å².